The van der Waals surface area contributed by atoms with Crippen LogP contribution in [-0.4, -0.2) is 27.8 Å². The molecule has 0 bridgehead atoms. The third-order valence-electron chi connectivity index (χ3n) is 3.46. The van der Waals surface area contributed by atoms with Gasteiger partial charge in [0.05, 0.1) is 0 Å². The molecule has 2 amide bonds. The van der Waals surface area contributed by atoms with Gasteiger partial charge in [-0.05, 0) is 11.6 Å². The van der Waals surface area contributed by atoms with Crippen molar-refractivity contribution < 1.29 is 9.59 Å². The maximum Gasteiger partial charge on any atom is 0.249 e. The monoisotopic (exact) mass is 328 g/mol. The lowest BCUT2D eigenvalue weighted by Gasteiger charge is -2.16. The van der Waals surface area contributed by atoms with Crippen molar-refractivity contribution in [2.45, 2.75) is 19.4 Å². The van der Waals surface area contributed by atoms with Gasteiger partial charge in [-0.25, -0.2) is 4.98 Å². The molecule has 7 heteroatoms. The summed E-state index contributed by atoms with van der Waals surface area (Å²) < 4.78 is 0. The number of hydrogen-bond donors (Lipinski definition) is 3. The molecule has 3 rings (SSSR count). The van der Waals surface area contributed by atoms with Gasteiger partial charge in [-0.1, -0.05) is 18.2 Å². The number of thiazole rings is 1. The molecular weight excluding hydrogens is 312 g/mol. The van der Waals surface area contributed by atoms with Crippen molar-refractivity contribution in [1.29, 1.82) is 0 Å². The predicted octanol–water partition coefficient (Wildman–Crippen LogP) is 2.31. The summed E-state index contributed by atoms with van der Waals surface area (Å²) in [7, 11) is 0. The van der Waals surface area contributed by atoms with Crippen LogP contribution in [0.1, 0.15) is 12.5 Å². The van der Waals surface area contributed by atoms with Gasteiger partial charge in [0.2, 0.25) is 11.8 Å². The van der Waals surface area contributed by atoms with Crippen molar-refractivity contribution in [2.75, 3.05) is 5.32 Å². The number of carbonyl (C=O) groups is 2. The van der Waals surface area contributed by atoms with Crippen LogP contribution < -0.4 is 10.6 Å². The molecule has 0 fully saturated rings. The van der Waals surface area contributed by atoms with Crippen LogP contribution in [0.25, 0.3) is 10.9 Å². The Labute approximate surface area is 136 Å². The van der Waals surface area contributed by atoms with E-state index in [2.05, 4.69) is 20.6 Å². The Morgan fingerprint density at radius 2 is 2.17 bits per heavy atom. The number of hydrogen-bond acceptors (Lipinski definition) is 4. The number of fused-ring (bicyclic) bond motifs is 1. The molecule has 2 aromatic heterocycles. The molecule has 0 saturated heterocycles. The highest BCUT2D eigenvalue weighted by Gasteiger charge is 2.22. The van der Waals surface area contributed by atoms with Gasteiger partial charge in [-0.2, -0.15) is 0 Å². The van der Waals surface area contributed by atoms with Crippen molar-refractivity contribution in [3.63, 3.8) is 0 Å². The number of anilines is 1. The topological polar surface area (TPSA) is 86.9 Å². The Hall–Kier alpha value is -2.67. The quantitative estimate of drug-likeness (QED) is 0.672. The normalized spacial score (nSPS) is 12.0. The van der Waals surface area contributed by atoms with Crippen LogP contribution in [0.3, 0.4) is 0 Å². The van der Waals surface area contributed by atoms with Gasteiger partial charge in [-0.3, -0.25) is 9.59 Å². The Bertz CT molecular complexity index is 826. The first-order valence-corrected chi connectivity index (χ1v) is 8.04. The molecule has 0 aliphatic carbocycles. The number of carbonyl (C=O) groups excluding carboxylic acids is 2. The zero-order valence-corrected chi connectivity index (χ0v) is 13.3. The minimum Gasteiger partial charge on any atom is -0.361 e. The molecule has 6 nitrogen and oxygen atoms in total. The highest BCUT2D eigenvalue weighted by atomic mass is 32.1. The van der Waals surface area contributed by atoms with Gasteiger partial charge < -0.3 is 15.6 Å². The standard InChI is InChI=1S/C16H16N4O2S/c1-10(21)19-14(15(22)20-16-17-6-7-23-16)8-11-9-18-13-5-3-2-4-12(11)13/h2-7,9,14,18H,8H2,1H3,(H,19,21)(H,17,20,22)/t14-/m1/s1. The van der Waals surface area contributed by atoms with E-state index in [-0.39, 0.29) is 11.8 Å². The maximum absolute atomic E-state index is 12.4. The second kappa shape index (κ2) is 6.62. The Kier molecular flexibility index (Phi) is 4.38. The van der Waals surface area contributed by atoms with Gasteiger partial charge in [0.1, 0.15) is 6.04 Å². The molecule has 1 atom stereocenters. The molecule has 0 radical (unpaired) electrons. The second-order valence-corrected chi connectivity index (χ2v) is 6.04. The summed E-state index contributed by atoms with van der Waals surface area (Å²) >= 11 is 1.34. The second-order valence-electron chi connectivity index (χ2n) is 5.14. The predicted molar refractivity (Wildman–Crippen MR) is 90.4 cm³/mol. The zero-order chi connectivity index (χ0) is 16.2. The van der Waals surface area contributed by atoms with Crippen molar-refractivity contribution in [2.24, 2.45) is 0 Å². The first-order valence-electron chi connectivity index (χ1n) is 7.16. The van der Waals surface area contributed by atoms with E-state index in [1.807, 2.05) is 30.5 Å². The first-order chi connectivity index (χ1) is 11.1. The van der Waals surface area contributed by atoms with E-state index in [0.717, 1.165) is 16.5 Å². The lowest BCUT2D eigenvalue weighted by molar-refractivity contribution is -0.125. The summed E-state index contributed by atoms with van der Waals surface area (Å²) in [5.74, 6) is -0.524. The van der Waals surface area contributed by atoms with Gasteiger partial charge >= 0.3 is 0 Å². The fourth-order valence-corrected chi connectivity index (χ4v) is 2.98. The minimum atomic E-state index is -0.657. The van der Waals surface area contributed by atoms with E-state index in [4.69, 9.17) is 0 Å². The number of benzene rings is 1. The lowest BCUT2D eigenvalue weighted by atomic mass is 10.0. The average molecular weight is 328 g/mol. The summed E-state index contributed by atoms with van der Waals surface area (Å²) in [4.78, 5) is 31.1. The third-order valence-corrected chi connectivity index (χ3v) is 4.14. The number of aromatic amines is 1. The Morgan fingerprint density at radius 3 is 2.91 bits per heavy atom. The number of nitrogens with zero attached hydrogens (tertiary/aromatic N) is 1. The van der Waals surface area contributed by atoms with E-state index in [1.165, 1.54) is 18.3 Å². The zero-order valence-electron chi connectivity index (χ0n) is 12.5. The van der Waals surface area contributed by atoms with Crippen LogP contribution in [0.15, 0.2) is 42.0 Å². The van der Waals surface area contributed by atoms with Gasteiger partial charge in [0.25, 0.3) is 0 Å². The highest BCUT2D eigenvalue weighted by molar-refractivity contribution is 7.13. The van der Waals surface area contributed by atoms with Crippen molar-refractivity contribution in [3.8, 4) is 0 Å². The summed E-state index contributed by atoms with van der Waals surface area (Å²) in [6.45, 7) is 1.40. The van der Waals surface area contributed by atoms with Gasteiger partial charge in [0, 0.05) is 42.0 Å². The number of nitrogens with one attached hydrogen (secondary N) is 3. The molecule has 0 unspecified atom stereocenters. The molecule has 0 aliphatic rings. The Balaban J connectivity index is 1.81. The molecule has 3 N–H and O–H groups in total. The minimum absolute atomic E-state index is 0.246. The van der Waals surface area contributed by atoms with Crippen LogP contribution in [-0.2, 0) is 16.0 Å². The molecule has 23 heavy (non-hydrogen) atoms. The number of rotatable bonds is 5. The SMILES string of the molecule is CC(=O)N[C@H](Cc1c[nH]c2ccccc12)C(=O)Nc1nccs1. The fraction of sp³-hybridized carbons (Fsp3) is 0.188. The van der Waals surface area contributed by atoms with Crippen LogP contribution in [0.2, 0.25) is 0 Å². The van der Waals surface area contributed by atoms with Crippen LogP contribution >= 0.6 is 11.3 Å². The summed E-state index contributed by atoms with van der Waals surface area (Å²) in [6, 6.07) is 7.20. The molecular formula is C16H16N4O2S. The maximum atomic E-state index is 12.4. The summed E-state index contributed by atoms with van der Waals surface area (Å²) in [5.41, 5.74) is 1.98. The first kappa shape index (κ1) is 15.2. The van der Waals surface area contributed by atoms with Gasteiger partial charge in [-0.15, -0.1) is 11.3 Å². The van der Waals surface area contributed by atoms with E-state index >= 15 is 0 Å². The smallest absolute Gasteiger partial charge is 0.249 e. The van der Waals surface area contributed by atoms with Crippen LogP contribution in [0, 0.1) is 0 Å². The molecule has 1 aromatic carbocycles. The number of aromatic nitrogens is 2. The summed E-state index contributed by atoms with van der Waals surface area (Å²) in [6.07, 6.45) is 3.89. The molecule has 0 spiro atoms. The van der Waals surface area contributed by atoms with E-state index < -0.39 is 6.04 Å². The number of H-pyrrole nitrogens is 1. The fourth-order valence-electron chi connectivity index (χ4n) is 2.45. The summed E-state index contributed by atoms with van der Waals surface area (Å²) in [5, 5.41) is 8.78. The van der Waals surface area contributed by atoms with Crippen LogP contribution in [0.5, 0.6) is 0 Å². The number of amides is 2. The van der Waals surface area contributed by atoms with Crippen LogP contribution in [0.4, 0.5) is 5.13 Å². The van der Waals surface area contributed by atoms with Crippen molar-refractivity contribution in [3.05, 3.63) is 47.6 Å². The Morgan fingerprint density at radius 1 is 1.35 bits per heavy atom. The lowest BCUT2D eigenvalue weighted by Crippen LogP contribution is -2.44. The molecule has 0 aliphatic heterocycles. The van der Waals surface area contributed by atoms with E-state index in [1.54, 1.807) is 11.6 Å². The largest absolute Gasteiger partial charge is 0.361 e. The third kappa shape index (κ3) is 3.57. The molecule has 2 heterocycles. The molecule has 118 valence electrons. The molecule has 0 saturated carbocycles. The van der Waals surface area contributed by atoms with E-state index in [0.29, 0.717) is 11.6 Å². The highest BCUT2D eigenvalue weighted by Crippen LogP contribution is 2.20. The van der Waals surface area contributed by atoms with Gasteiger partial charge in [0.15, 0.2) is 5.13 Å². The molecule has 3 aromatic rings. The van der Waals surface area contributed by atoms with Crippen molar-refractivity contribution >= 4 is 39.2 Å². The average Bonchev–Trinajstić information content (AvgIpc) is 3.16. The van der Waals surface area contributed by atoms with E-state index in [9.17, 15) is 9.59 Å². The van der Waals surface area contributed by atoms with Crippen molar-refractivity contribution in [1.82, 2.24) is 15.3 Å². The number of para-hydroxylation sites is 1.